The summed E-state index contributed by atoms with van der Waals surface area (Å²) >= 11 is 6.14. The van der Waals surface area contributed by atoms with Crippen LogP contribution < -0.4 is 0 Å². The minimum absolute atomic E-state index is 0.688. The molecule has 0 fully saturated rings. The van der Waals surface area contributed by atoms with Gasteiger partial charge >= 0.3 is 0 Å². The Labute approximate surface area is 106 Å². The van der Waals surface area contributed by atoms with E-state index < -0.39 is 0 Å². The molecule has 0 atom stereocenters. The maximum Gasteiger partial charge on any atom is 0.150 e. The topological polar surface area (TPSA) is 17.1 Å². The number of benzene rings is 2. The number of halogens is 1. The number of aldehydes is 1. The first kappa shape index (κ1) is 11.9. The van der Waals surface area contributed by atoms with Gasteiger partial charge in [-0.1, -0.05) is 29.8 Å². The maximum atomic E-state index is 10.8. The van der Waals surface area contributed by atoms with Crippen molar-refractivity contribution in [2.75, 3.05) is 0 Å². The van der Waals surface area contributed by atoms with Gasteiger partial charge in [0.1, 0.15) is 6.29 Å². The highest BCUT2D eigenvalue weighted by atomic mass is 35.5. The van der Waals surface area contributed by atoms with Crippen molar-refractivity contribution >= 4 is 17.9 Å². The average molecular weight is 245 g/mol. The Morgan fingerprint density at radius 2 is 1.65 bits per heavy atom. The largest absolute Gasteiger partial charge is 0.298 e. The Morgan fingerprint density at radius 1 is 1.00 bits per heavy atom. The van der Waals surface area contributed by atoms with Crippen LogP contribution in [0.5, 0.6) is 0 Å². The lowest BCUT2D eigenvalue weighted by Crippen LogP contribution is -1.87. The van der Waals surface area contributed by atoms with E-state index in [9.17, 15) is 4.79 Å². The molecule has 0 bridgehead atoms. The molecule has 0 spiro atoms. The molecular formula is C15H13ClO. The van der Waals surface area contributed by atoms with E-state index in [-0.39, 0.29) is 0 Å². The van der Waals surface area contributed by atoms with Crippen LogP contribution in [0.4, 0.5) is 0 Å². The van der Waals surface area contributed by atoms with E-state index in [1.807, 2.05) is 44.2 Å². The molecule has 86 valence electrons. The minimum Gasteiger partial charge on any atom is -0.298 e. The molecule has 2 aromatic carbocycles. The van der Waals surface area contributed by atoms with E-state index in [0.717, 1.165) is 33.6 Å². The van der Waals surface area contributed by atoms with Gasteiger partial charge in [-0.3, -0.25) is 4.79 Å². The fraction of sp³-hybridized carbons (Fsp3) is 0.133. The zero-order valence-electron chi connectivity index (χ0n) is 9.83. The van der Waals surface area contributed by atoms with E-state index >= 15 is 0 Å². The first-order chi connectivity index (χ1) is 8.11. The Balaban J connectivity index is 2.56. The summed E-state index contributed by atoms with van der Waals surface area (Å²) in [5, 5.41) is 0.806. The Bertz CT molecular complexity index is 550. The van der Waals surface area contributed by atoms with Gasteiger partial charge in [-0.25, -0.2) is 0 Å². The molecule has 0 aliphatic carbocycles. The molecule has 0 radical (unpaired) electrons. The van der Waals surface area contributed by atoms with Crippen molar-refractivity contribution in [3.05, 3.63) is 58.1 Å². The molecule has 0 aliphatic rings. The highest BCUT2D eigenvalue weighted by Gasteiger charge is 2.05. The lowest BCUT2D eigenvalue weighted by molar-refractivity contribution is 0.112. The number of carbonyl (C=O) groups is 1. The van der Waals surface area contributed by atoms with Gasteiger partial charge in [0, 0.05) is 10.6 Å². The van der Waals surface area contributed by atoms with Crippen molar-refractivity contribution in [3.63, 3.8) is 0 Å². The third kappa shape index (κ3) is 2.40. The quantitative estimate of drug-likeness (QED) is 0.714. The van der Waals surface area contributed by atoms with E-state index in [2.05, 4.69) is 0 Å². The summed E-state index contributed by atoms with van der Waals surface area (Å²) in [4.78, 5) is 10.8. The van der Waals surface area contributed by atoms with E-state index in [4.69, 9.17) is 11.6 Å². The van der Waals surface area contributed by atoms with E-state index in [0.29, 0.717) is 5.56 Å². The van der Waals surface area contributed by atoms with Gasteiger partial charge in [-0.05, 0) is 54.3 Å². The van der Waals surface area contributed by atoms with Crippen molar-refractivity contribution in [1.82, 2.24) is 0 Å². The summed E-state index contributed by atoms with van der Waals surface area (Å²) in [5.41, 5.74) is 4.93. The van der Waals surface area contributed by atoms with Gasteiger partial charge < -0.3 is 0 Å². The van der Waals surface area contributed by atoms with Gasteiger partial charge in [0.05, 0.1) is 0 Å². The van der Waals surface area contributed by atoms with Crippen molar-refractivity contribution in [3.8, 4) is 11.1 Å². The van der Waals surface area contributed by atoms with Crippen LogP contribution in [0.15, 0.2) is 36.4 Å². The summed E-state index contributed by atoms with van der Waals surface area (Å²) in [6.07, 6.45) is 0.860. The van der Waals surface area contributed by atoms with Crippen molar-refractivity contribution in [2.24, 2.45) is 0 Å². The molecule has 2 heteroatoms. The van der Waals surface area contributed by atoms with Crippen molar-refractivity contribution in [2.45, 2.75) is 13.8 Å². The fourth-order valence-corrected chi connectivity index (χ4v) is 2.01. The second-order valence-corrected chi connectivity index (χ2v) is 4.55. The Kier molecular flexibility index (Phi) is 3.30. The minimum atomic E-state index is 0.688. The maximum absolute atomic E-state index is 10.8. The van der Waals surface area contributed by atoms with Crippen molar-refractivity contribution in [1.29, 1.82) is 0 Å². The highest BCUT2D eigenvalue weighted by molar-refractivity contribution is 6.32. The summed E-state index contributed by atoms with van der Waals surface area (Å²) < 4.78 is 0. The van der Waals surface area contributed by atoms with E-state index in [1.54, 1.807) is 6.07 Å². The SMILES string of the molecule is Cc1cc(-c2cccc(C=O)c2)cc(C)c1Cl. The smallest absolute Gasteiger partial charge is 0.150 e. The van der Waals surface area contributed by atoms with Gasteiger partial charge in [0.25, 0.3) is 0 Å². The molecule has 0 saturated carbocycles. The first-order valence-electron chi connectivity index (χ1n) is 5.44. The number of aryl methyl sites for hydroxylation is 2. The first-order valence-corrected chi connectivity index (χ1v) is 5.82. The molecule has 0 amide bonds. The molecule has 0 saturated heterocycles. The summed E-state index contributed by atoms with van der Waals surface area (Å²) in [7, 11) is 0. The van der Waals surface area contributed by atoms with Crippen LogP contribution in [0.2, 0.25) is 5.02 Å². The number of hydrogen-bond acceptors (Lipinski definition) is 1. The molecule has 0 aliphatic heterocycles. The molecule has 2 aromatic rings. The zero-order valence-corrected chi connectivity index (χ0v) is 10.6. The van der Waals surface area contributed by atoms with Gasteiger partial charge in [-0.15, -0.1) is 0 Å². The van der Waals surface area contributed by atoms with Crippen LogP contribution in [0, 0.1) is 13.8 Å². The van der Waals surface area contributed by atoms with Gasteiger partial charge in [-0.2, -0.15) is 0 Å². The summed E-state index contributed by atoms with van der Waals surface area (Å²) in [5.74, 6) is 0. The third-order valence-corrected chi connectivity index (χ3v) is 3.39. The van der Waals surface area contributed by atoms with Crippen LogP contribution in [0.25, 0.3) is 11.1 Å². The normalized spacial score (nSPS) is 10.3. The number of carbonyl (C=O) groups excluding carboxylic acids is 1. The fourth-order valence-electron chi connectivity index (χ4n) is 1.90. The molecule has 0 heterocycles. The monoisotopic (exact) mass is 244 g/mol. The lowest BCUT2D eigenvalue weighted by atomic mass is 9.99. The van der Waals surface area contributed by atoms with Crippen molar-refractivity contribution < 1.29 is 4.79 Å². The standard InChI is InChI=1S/C15H13ClO/c1-10-6-14(7-11(2)15(10)16)13-5-3-4-12(8-13)9-17/h3-9H,1-2H3. The lowest BCUT2D eigenvalue weighted by Gasteiger charge is -2.08. The molecule has 0 unspecified atom stereocenters. The molecule has 1 nitrogen and oxygen atoms in total. The molecule has 0 N–H and O–H groups in total. The van der Waals surface area contributed by atoms with Crippen LogP contribution >= 0.6 is 11.6 Å². The second kappa shape index (κ2) is 4.72. The van der Waals surface area contributed by atoms with Crippen LogP contribution in [0.1, 0.15) is 21.5 Å². The van der Waals surface area contributed by atoms with Crippen LogP contribution in [-0.4, -0.2) is 6.29 Å². The third-order valence-electron chi connectivity index (χ3n) is 2.79. The molecular weight excluding hydrogens is 232 g/mol. The molecule has 2 rings (SSSR count). The number of rotatable bonds is 2. The Hall–Kier alpha value is -1.60. The zero-order chi connectivity index (χ0) is 12.4. The molecule has 0 aromatic heterocycles. The number of hydrogen-bond donors (Lipinski definition) is 0. The van der Waals surface area contributed by atoms with Gasteiger partial charge in [0.2, 0.25) is 0 Å². The molecule has 17 heavy (non-hydrogen) atoms. The Morgan fingerprint density at radius 3 is 2.24 bits per heavy atom. The van der Waals surface area contributed by atoms with Gasteiger partial charge in [0.15, 0.2) is 0 Å². The summed E-state index contributed by atoms with van der Waals surface area (Å²) in [6, 6.07) is 11.6. The highest BCUT2D eigenvalue weighted by Crippen LogP contribution is 2.28. The predicted octanol–water partition coefficient (Wildman–Crippen LogP) is 4.44. The van der Waals surface area contributed by atoms with Crippen LogP contribution in [-0.2, 0) is 0 Å². The second-order valence-electron chi connectivity index (χ2n) is 4.17. The van der Waals surface area contributed by atoms with Crippen LogP contribution in [0.3, 0.4) is 0 Å². The summed E-state index contributed by atoms with van der Waals surface area (Å²) in [6.45, 7) is 3.98. The van der Waals surface area contributed by atoms with E-state index in [1.165, 1.54) is 0 Å². The average Bonchev–Trinajstić information content (AvgIpc) is 2.35. The predicted molar refractivity (Wildman–Crippen MR) is 71.7 cm³/mol.